The van der Waals surface area contributed by atoms with Gasteiger partial charge >= 0.3 is 6.03 Å². The molecule has 0 aliphatic heterocycles. The fourth-order valence-corrected chi connectivity index (χ4v) is 2.88. The standard InChI is InChI=1S/C21H29N5O3/c1-4-26(5-2)12-11-23-20(27)19-17(22)13-16(14-18(19)29-3)25-21(28)24-15-9-7-6-8-10-15/h6-10,13-14H,4-5,11-12,22H2,1-3H3,(H,23,27)(H2,24,25,28). The highest BCUT2D eigenvalue weighted by atomic mass is 16.5. The number of nitrogens with zero attached hydrogens (tertiary/aromatic N) is 1. The maximum absolute atomic E-state index is 12.6. The summed E-state index contributed by atoms with van der Waals surface area (Å²) < 4.78 is 5.33. The molecule has 0 radical (unpaired) electrons. The van der Waals surface area contributed by atoms with Crippen molar-refractivity contribution in [3.8, 4) is 5.75 Å². The van der Waals surface area contributed by atoms with E-state index in [2.05, 4.69) is 34.7 Å². The van der Waals surface area contributed by atoms with Crippen LogP contribution in [0.3, 0.4) is 0 Å². The van der Waals surface area contributed by atoms with E-state index in [4.69, 9.17) is 10.5 Å². The molecule has 2 rings (SSSR count). The van der Waals surface area contributed by atoms with Crippen molar-refractivity contribution in [2.24, 2.45) is 0 Å². The first-order valence-corrected chi connectivity index (χ1v) is 9.59. The first-order chi connectivity index (χ1) is 14.0. The summed E-state index contributed by atoms with van der Waals surface area (Å²) in [5, 5.41) is 8.28. The Morgan fingerprint density at radius 2 is 1.69 bits per heavy atom. The van der Waals surface area contributed by atoms with Crippen molar-refractivity contribution in [1.82, 2.24) is 10.2 Å². The SMILES string of the molecule is CCN(CC)CCNC(=O)c1c(N)cc(NC(=O)Nc2ccccc2)cc1OC. The minimum atomic E-state index is -0.422. The number of amides is 3. The van der Waals surface area contributed by atoms with E-state index in [0.29, 0.717) is 23.7 Å². The molecule has 0 atom stereocenters. The summed E-state index contributed by atoms with van der Waals surface area (Å²) in [5.74, 6) is -0.0212. The maximum Gasteiger partial charge on any atom is 0.323 e. The zero-order valence-electron chi connectivity index (χ0n) is 17.1. The Hall–Kier alpha value is -3.26. The molecule has 5 N–H and O–H groups in total. The monoisotopic (exact) mass is 399 g/mol. The Kier molecular flexibility index (Phi) is 8.29. The molecule has 0 saturated heterocycles. The molecular weight excluding hydrogens is 370 g/mol. The van der Waals surface area contributed by atoms with Crippen LogP contribution in [0.5, 0.6) is 5.75 Å². The highest BCUT2D eigenvalue weighted by Crippen LogP contribution is 2.29. The molecule has 0 fully saturated rings. The van der Waals surface area contributed by atoms with E-state index in [1.807, 2.05) is 18.2 Å². The average Bonchev–Trinajstić information content (AvgIpc) is 2.71. The summed E-state index contributed by atoms with van der Waals surface area (Å²) in [7, 11) is 1.45. The first-order valence-electron chi connectivity index (χ1n) is 9.59. The third-order valence-electron chi connectivity index (χ3n) is 4.48. The van der Waals surface area contributed by atoms with Crippen molar-refractivity contribution in [1.29, 1.82) is 0 Å². The van der Waals surface area contributed by atoms with Gasteiger partial charge in [-0.1, -0.05) is 32.0 Å². The smallest absolute Gasteiger partial charge is 0.323 e. The van der Waals surface area contributed by atoms with Gasteiger partial charge in [-0.15, -0.1) is 0 Å². The normalized spacial score (nSPS) is 10.5. The van der Waals surface area contributed by atoms with Gasteiger partial charge in [0.15, 0.2) is 0 Å². The third kappa shape index (κ3) is 6.39. The maximum atomic E-state index is 12.6. The number of nitrogens with one attached hydrogen (secondary N) is 3. The van der Waals surface area contributed by atoms with Crippen LogP contribution in [0.4, 0.5) is 21.9 Å². The van der Waals surface area contributed by atoms with Gasteiger partial charge < -0.3 is 31.3 Å². The van der Waals surface area contributed by atoms with Crippen LogP contribution >= 0.6 is 0 Å². The van der Waals surface area contributed by atoms with Gasteiger partial charge in [0.05, 0.1) is 12.8 Å². The predicted molar refractivity (Wildman–Crippen MR) is 117 cm³/mol. The largest absolute Gasteiger partial charge is 0.496 e. The molecule has 0 saturated carbocycles. The van der Waals surface area contributed by atoms with Crippen molar-refractivity contribution < 1.29 is 14.3 Å². The lowest BCUT2D eigenvalue weighted by Crippen LogP contribution is -2.35. The summed E-state index contributed by atoms with van der Waals surface area (Å²) in [6.45, 7) is 7.24. The molecule has 0 heterocycles. The Bertz CT molecular complexity index is 823. The molecule has 8 nitrogen and oxygen atoms in total. The molecule has 3 amide bonds. The van der Waals surface area contributed by atoms with E-state index < -0.39 is 6.03 Å². The molecule has 2 aromatic carbocycles. The van der Waals surface area contributed by atoms with Crippen LogP contribution in [0.25, 0.3) is 0 Å². The second kappa shape index (κ2) is 10.9. The Balaban J connectivity index is 2.06. The fourth-order valence-electron chi connectivity index (χ4n) is 2.88. The summed E-state index contributed by atoms with van der Waals surface area (Å²) in [5.41, 5.74) is 7.65. The quantitative estimate of drug-likeness (QED) is 0.485. The van der Waals surface area contributed by atoms with Crippen molar-refractivity contribution >= 4 is 29.0 Å². The van der Waals surface area contributed by atoms with Crippen LogP contribution in [0.15, 0.2) is 42.5 Å². The second-order valence-corrected chi connectivity index (χ2v) is 6.37. The molecule has 8 heteroatoms. The van der Waals surface area contributed by atoms with E-state index in [9.17, 15) is 9.59 Å². The molecule has 0 aliphatic rings. The molecule has 2 aromatic rings. The molecule has 0 unspecified atom stereocenters. The number of methoxy groups -OCH3 is 1. The van der Waals surface area contributed by atoms with Gasteiger partial charge in [0, 0.05) is 30.5 Å². The van der Waals surface area contributed by atoms with E-state index in [0.717, 1.165) is 19.6 Å². The Morgan fingerprint density at radius 3 is 2.31 bits per heavy atom. The van der Waals surface area contributed by atoms with Crippen LogP contribution in [-0.4, -0.2) is 50.1 Å². The third-order valence-corrected chi connectivity index (χ3v) is 4.48. The molecule has 156 valence electrons. The minimum Gasteiger partial charge on any atom is -0.496 e. The van der Waals surface area contributed by atoms with Crippen molar-refractivity contribution in [2.45, 2.75) is 13.8 Å². The van der Waals surface area contributed by atoms with E-state index in [-0.39, 0.29) is 17.2 Å². The van der Waals surface area contributed by atoms with Crippen LogP contribution < -0.4 is 26.4 Å². The Morgan fingerprint density at radius 1 is 1.03 bits per heavy atom. The van der Waals surface area contributed by atoms with Crippen molar-refractivity contribution in [3.63, 3.8) is 0 Å². The lowest BCUT2D eigenvalue weighted by Gasteiger charge is -2.19. The summed E-state index contributed by atoms with van der Waals surface area (Å²) in [4.78, 5) is 27.0. The molecule has 0 aromatic heterocycles. The number of hydrogen-bond acceptors (Lipinski definition) is 5. The van der Waals surface area contributed by atoms with Gasteiger partial charge in [-0.3, -0.25) is 4.79 Å². The summed E-state index contributed by atoms with van der Waals surface area (Å²) in [6, 6.07) is 11.7. The number of para-hydroxylation sites is 1. The van der Waals surface area contributed by atoms with Crippen LogP contribution in [-0.2, 0) is 0 Å². The van der Waals surface area contributed by atoms with Gasteiger partial charge in [0.25, 0.3) is 5.91 Å². The van der Waals surface area contributed by atoms with E-state index in [1.165, 1.54) is 13.2 Å². The van der Waals surface area contributed by atoms with Crippen LogP contribution in [0, 0.1) is 0 Å². The number of urea groups is 1. The zero-order chi connectivity index (χ0) is 21.2. The number of hydrogen-bond donors (Lipinski definition) is 4. The lowest BCUT2D eigenvalue weighted by atomic mass is 10.1. The van der Waals surface area contributed by atoms with Crippen LogP contribution in [0.1, 0.15) is 24.2 Å². The van der Waals surface area contributed by atoms with Crippen molar-refractivity contribution in [3.05, 3.63) is 48.0 Å². The van der Waals surface area contributed by atoms with E-state index in [1.54, 1.807) is 18.2 Å². The zero-order valence-corrected chi connectivity index (χ0v) is 17.1. The molecule has 0 aliphatic carbocycles. The van der Waals surface area contributed by atoms with Crippen LogP contribution in [0.2, 0.25) is 0 Å². The topological polar surface area (TPSA) is 109 Å². The summed E-state index contributed by atoms with van der Waals surface area (Å²) >= 11 is 0. The number of nitrogens with two attached hydrogens (primary N) is 1. The molecular formula is C21H29N5O3. The van der Waals surface area contributed by atoms with Crippen molar-refractivity contribution in [2.75, 3.05) is 49.7 Å². The number of benzene rings is 2. The minimum absolute atomic E-state index is 0.222. The van der Waals surface area contributed by atoms with Gasteiger partial charge in [0.1, 0.15) is 11.3 Å². The number of carbonyl (C=O) groups excluding carboxylic acids is 2. The first kappa shape index (κ1) is 22.0. The van der Waals surface area contributed by atoms with Gasteiger partial charge in [-0.25, -0.2) is 4.79 Å². The number of ether oxygens (including phenoxy) is 1. The number of rotatable bonds is 9. The highest BCUT2D eigenvalue weighted by molar-refractivity contribution is 6.05. The second-order valence-electron chi connectivity index (χ2n) is 6.37. The fraction of sp³-hybridized carbons (Fsp3) is 0.333. The van der Waals surface area contributed by atoms with Gasteiger partial charge in [-0.2, -0.15) is 0 Å². The average molecular weight is 399 g/mol. The molecule has 0 spiro atoms. The van der Waals surface area contributed by atoms with Gasteiger partial charge in [-0.05, 0) is 31.3 Å². The number of anilines is 3. The number of nitrogen functional groups attached to an aromatic ring is 1. The predicted octanol–water partition coefficient (Wildman–Crippen LogP) is 2.99. The van der Waals surface area contributed by atoms with E-state index >= 15 is 0 Å². The highest BCUT2D eigenvalue weighted by Gasteiger charge is 2.18. The Labute approximate surface area is 171 Å². The van der Waals surface area contributed by atoms with Gasteiger partial charge in [0.2, 0.25) is 0 Å². The molecule has 0 bridgehead atoms. The summed E-state index contributed by atoms with van der Waals surface area (Å²) in [6.07, 6.45) is 0. The lowest BCUT2D eigenvalue weighted by molar-refractivity contribution is 0.0947. The number of carbonyl (C=O) groups is 2. The number of likely N-dealkylation sites (N-methyl/N-ethyl adjacent to an activating group) is 1. The molecule has 29 heavy (non-hydrogen) atoms.